The molecule has 0 bridgehead atoms. The number of ketones is 1. The van der Waals surface area contributed by atoms with Crippen molar-refractivity contribution >= 4 is 34.3 Å². The summed E-state index contributed by atoms with van der Waals surface area (Å²) in [5.41, 5.74) is 0.428. The molecule has 4 aliphatic rings. The highest BCUT2D eigenvalue weighted by atomic mass is 127. The van der Waals surface area contributed by atoms with Crippen molar-refractivity contribution in [1.29, 1.82) is 0 Å². The first kappa shape index (κ1) is 27.9. The van der Waals surface area contributed by atoms with E-state index in [9.17, 15) is 9.59 Å². The molecule has 0 aliphatic heterocycles. The molecule has 4 aliphatic carbocycles. The predicted molar refractivity (Wildman–Crippen MR) is 151 cm³/mol. The highest BCUT2D eigenvalue weighted by Crippen LogP contribution is 2.70. The SMILES string of the molecule is CC[C@H](CC[C@@H](C)[C@H]1CC[C@H]2[C@@H]3CC(=O)[C@@]4(I)C[C@@H](OC(C)=O)CC[C@]4(C)[C@H]3CC[C@]12C)C(C)C. The zero-order chi connectivity index (χ0) is 25.8. The summed E-state index contributed by atoms with van der Waals surface area (Å²) in [6.07, 6.45) is 12.6. The van der Waals surface area contributed by atoms with Crippen molar-refractivity contribution in [2.75, 3.05) is 0 Å². The van der Waals surface area contributed by atoms with Crippen molar-refractivity contribution in [2.45, 2.75) is 129 Å². The predicted octanol–water partition coefficient (Wildman–Crippen LogP) is 8.41. The van der Waals surface area contributed by atoms with Crippen molar-refractivity contribution in [3.05, 3.63) is 0 Å². The third kappa shape index (κ3) is 4.67. The molecule has 0 unspecified atom stereocenters. The van der Waals surface area contributed by atoms with Crippen molar-refractivity contribution in [1.82, 2.24) is 0 Å². The molecule has 0 aromatic heterocycles. The molecule has 0 N–H and O–H groups in total. The fourth-order valence-electron chi connectivity index (χ4n) is 9.96. The van der Waals surface area contributed by atoms with Crippen molar-refractivity contribution in [2.24, 2.45) is 52.3 Å². The van der Waals surface area contributed by atoms with E-state index >= 15 is 0 Å². The van der Waals surface area contributed by atoms with Gasteiger partial charge in [0, 0.05) is 19.8 Å². The number of hydrogen-bond acceptors (Lipinski definition) is 3. The van der Waals surface area contributed by atoms with Gasteiger partial charge < -0.3 is 4.74 Å². The summed E-state index contributed by atoms with van der Waals surface area (Å²) in [7, 11) is 0. The van der Waals surface area contributed by atoms with Gasteiger partial charge in [0.05, 0.1) is 3.42 Å². The number of fused-ring (bicyclic) bond motifs is 5. The van der Waals surface area contributed by atoms with E-state index in [0.29, 0.717) is 35.4 Å². The van der Waals surface area contributed by atoms with E-state index in [1.165, 1.54) is 51.9 Å². The van der Waals surface area contributed by atoms with E-state index in [2.05, 4.69) is 64.1 Å². The lowest BCUT2D eigenvalue weighted by molar-refractivity contribution is -0.162. The molecule has 0 aromatic rings. The molecule has 200 valence electrons. The Morgan fingerprint density at radius 2 is 1.77 bits per heavy atom. The van der Waals surface area contributed by atoms with Crippen LogP contribution in [0.1, 0.15) is 119 Å². The van der Waals surface area contributed by atoms with Gasteiger partial charge in [-0.05, 0) is 97.2 Å². The zero-order valence-corrected chi connectivity index (χ0v) is 25.7. The molecule has 0 amide bonds. The van der Waals surface area contributed by atoms with Crippen LogP contribution >= 0.6 is 22.6 Å². The first-order chi connectivity index (χ1) is 16.4. The number of alkyl halides is 1. The summed E-state index contributed by atoms with van der Waals surface area (Å²) in [6, 6.07) is 0. The maximum absolute atomic E-state index is 13.9. The van der Waals surface area contributed by atoms with Crippen molar-refractivity contribution < 1.29 is 14.3 Å². The van der Waals surface area contributed by atoms with Crippen LogP contribution in [0.5, 0.6) is 0 Å². The van der Waals surface area contributed by atoms with E-state index in [-0.39, 0.29) is 20.9 Å². The molecule has 0 spiro atoms. The standard InChI is InChI=1S/C31H51IO3/c1-8-22(19(2)3)10-9-20(4)25-11-12-26-24-17-28(34)31(32)18-23(35-21(5)33)13-16-30(31,7)27(24)14-15-29(25,26)6/h19-20,22-27H,8-18H2,1-7H3/t20-,22-,23+,24+,25-,26+,27+,29-,30-,31+/m1/s1. The number of rotatable bonds is 7. The second-order valence-electron chi connectivity index (χ2n) is 13.9. The zero-order valence-electron chi connectivity index (χ0n) is 23.5. The summed E-state index contributed by atoms with van der Waals surface area (Å²) in [4.78, 5) is 25.5. The molecule has 0 radical (unpaired) electrons. The normalized spacial score (nSPS) is 44.8. The van der Waals surface area contributed by atoms with Crippen LogP contribution in [-0.2, 0) is 14.3 Å². The van der Waals surface area contributed by atoms with Crippen LogP contribution in [0.3, 0.4) is 0 Å². The highest BCUT2D eigenvalue weighted by Gasteiger charge is 2.67. The Bertz CT molecular complexity index is 809. The number of hydrogen-bond donors (Lipinski definition) is 0. The van der Waals surface area contributed by atoms with Gasteiger partial charge in [0.15, 0.2) is 0 Å². The summed E-state index contributed by atoms with van der Waals surface area (Å²) in [5.74, 6) is 5.36. The van der Waals surface area contributed by atoms with Crippen LogP contribution < -0.4 is 0 Å². The first-order valence-corrected chi connectivity index (χ1v) is 15.8. The number of halogens is 1. The van der Waals surface area contributed by atoms with E-state index in [1.54, 1.807) is 0 Å². The molecular formula is C31H51IO3. The second-order valence-corrected chi connectivity index (χ2v) is 15.7. The van der Waals surface area contributed by atoms with Gasteiger partial charge in [0.1, 0.15) is 11.9 Å². The molecule has 4 saturated carbocycles. The van der Waals surface area contributed by atoms with Gasteiger partial charge in [-0.3, -0.25) is 9.59 Å². The van der Waals surface area contributed by atoms with Crippen molar-refractivity contribution in [3.8, 4) is 0 Å². The van der Waals surface area contributed by atoms with Gasteiger partial charge >= 0.3 is 5.97 Å². The minimum Gasteiger partial charge on any atom is -0.462 e. The van der Waals surface area contributed by atoms with E-state index in [4.69, 9.17) is 4.74 Å². The van der Waals surface area contributed by atoms with Crippen LogP contribution in [-0.4, -0.2) is 21.3 Å². The maximum Gasteiger partial charge on any atom is 0.302 e. The smallest absolute Gasteiger partial charge is 0.302 e. The molecule has 0 aromatic carbocycles. The lowest BCUT2D eigenvalue weighted by Crippen LogP contribution is -2.64. The van der Waals surface area contributed by atoms with E-state index < -0.39 is 0 Å². The van der Waals surface area contributed by atoms with Crippen LogP contribution in [0.25, 0.3) is 0 Å². The quantitative estimate of drug-likeness (QED) is 0.168. The Balaban J connectivity index is 1.51. The average molecular weight is 599 g/mol. The Labute approximate surface area is 228 Å². The lowest BCUT2D eigenvalue weighted by Gasteiger charge is -2.63. The largest absolute Gasteiger partial charge is 0.462 e. The molecule has 10 atom stereocenters. The lowest BCUT2D eigenvalue weighted by atomic mass is 9.44. The second kappa shape index (κ2) is 10.2. The van der Waals surface area contributed by atoms with Gasteiger partial charge in [0.25, 0.3) is 0 Å². The molecule has 4 fully saturated rings. The molecule has 4 heteroatoms. The van der Waals surface area contributed by atoms with Gasteiger partial charge in [-0.25, -0.2) is 0 Å². The van der Waals surface area contributed by atoms with Gasteiger partial charge in [-0.1, -0.05) is 77.0 Å². The first-order valence-electron chi connectivity index (χ1n) is 14.8. The topological polar surface area (TPSA) is 43.4 Å². The number of ether oxygens (including phenoxy) is 1. The molecule has 35 heavy (non-hydrogen) atoms. The fraction of sp³-hybridized carbons (Fsp3) is 0.935. The number of carbonyl (C=O) groups is 2. The van der Waals surface area contributed by atoms with Gasteiger partial charge in [0.2, 0.25) is 0 Å². The third-order valence-electron chi connectivity index (χ3n) is 12.1. The summed E-state index contributed by atoms with van der Waals surface area (Å²) in [5, 5.41) is 0. The number of Topliss-reactive ketones (excluding diaryl/α,β-unsaturated/α-hetero) is 1. The Kier molecular flexibility index (Phi) is 8.14. The van der Waals surface area contributed by atoms with Crippen LogP contribution in [0.15, 0.2) is 0 Å². The third-order valence-corrected chi connectivity index (χ3v) is 14.3. The molecule has 3 nitrogen and oxygen atoms in total. The molecule has 0 saturated heterocycles. The number of esters is 1. The number of carbonyl (C=O) groups excluding carboxylic acids is 2. The minimum atomic E-state index is -0.380. The van der Waals surface area contributed by atoms with E-state index in [1.807, 2.05) is 0 Å². The van der Waals surface area contributed by atoms with Crippen LogP contribution in [0.2, 0.25) is 0 Å². The van der Waals surface area contributed by atoms with Crippen LogP contribution in [0.4, 0.5) is 0 Å². The Morgan fingerprint density at radius 1 is 1.06 bits per heavy atom. The summed E-state index contributed by atoms with van der Waals surface area (Å²) >= 11 is 2.50. The van der Waals surface area contributed by atoms with Crippen molar-refractivity contribution in [3.63, 3.8) is 0 Å². The summed E-state index contributed by atoms with van der Waals surface area (Å²) in [6.45, 7) is 16.2. The Morgan fingerprint density at radius 3 is 2.40 bits per heavy atom. The van der Waals surface area contributed by atoms with Crippen LogP contribution in [0, 0.1) is 52.3 Å². The maximum atomic E-state index is 13.9. The van der Waals surface area contributed by atoms with E-state index in [0.717, 1.165) is 42.9 Å². The highest BCUT2D eigenvalue weighted by molar-refractivity contribution is 14.1. The fourth-order valence-corrected chi connectivity index (χ4v) is 11.3. The molecule has 4 rings (SSSR count). The molecule has 0 heterocycles. The molecular weight excluding hydrogens is 547 g/mol. The summed E-state index contributed by atoms with van der Waals surface area (Å²) < 4.78 is 5.25. The minimum absolute atomic E-state index is 0.0286. The average Bonchev–Trinajstić information content (AvgIpc) is 3.13. The monoisotopic (exact) mass is 598 g/mol. The van der Waals surface area contributed by atoms with Gasteiger partial charge in [-0.15, -0.1) is 0 Å². The Hall–Kier alpha value is -0.130. The van der Waals surface area contributed by atoms with Gasteiger partial charge in [-0.2, -0.15) is 0 Å².